The SMILES string of the molecule is CNS(=O)(=O)c1cc(NC(=S)NC2CCCCC2)ccc1C. The molecule has 0 saturated heterocycles. The van der Waals surface area contributed by atoms with E-state index in [0.717, 1.165) is 12.8 Å². The fourth-order valence-electron chi connectivity index (χ4n) is 2.68. The molecule has 1 fully saturated rings. The second-order valence-corrected chi connectivity index (χ2v) is 7.88. The molecule has 0 unspecified atom stereocenters. The molecule has 1 aliphatic rings. The second kappa shape index (κ2) is 7.39. The summed E-state index contributed by atoms with van der Waals surface area (Å²) in [6, 6.07) is 5.63. The number of hydrogen-bond acceptors (Lipinski definition) is 3. The maximum Gasteiger partial charge on any atom is 0.240 e. The predicted molar refractivity (Wildman–Crippen MR) is 93.7 cm³/mol. The molecule has 0 bridgehead atoms. The van der Waals surface area contributed by atoms with E-state index in [2.05, 4.69) is 15.4 Å². The van der Waals surface area contributed by atoms with Gasteiger partial charge in [0.05, 0.1) is 4.90 Å². The predicted octanol–water partition coefficient (Wildman–Crippen LogP) is 2.52. The van der Waals surface area contributed by atoms with Crippen LogP contribution in [0.15, 0.2) is 23.1 Å². The average Bonchev–Trinajstić information content (AvgIpc) is 2.50. The average molecular weight is 342 g/mol. The Morgan fingerprint density at radius 2 is 1.91 bits per heavy atom. The van der Waals surface area contributed by atoms with Crippen molar-refractivity contribution in [3.8, 4) is 0 Å². The van der Waals surface area contributed by atoms with Crippen molar-refractivity contribution in [2.75, 3.05) is 12.4 Å². The van der Waals surface area contributed by atoms with Crippen molar-refractivity contribution in [3.05, 3.63) is 23.8 Å². The Labute approximate surface area is 137 Å². The van der Waals surface area contributed by atoms with E-state index in [0.29, 0.717) is 22.4 Å². The van der Waals surface area contributed by atoms with Gasteiger partial charge in [0.15, 0.2) is 5.11 Å². The van der Waals surface area contributed by atoms with Crippen LogP contribution in [0, 0.1) is 6.92 Å². The van der Waals surface area contributed by atoms with Gasteiger partial charge in [-0.2, -0.15) is 0 Å². The minimum atomic E-state index is -3.47. The van der Waals surface area contributed by atoms with E-state index in [1.165, 1.54) is 26.3 Å². The van der Waals surface area contributed by atoms with Crippen molar-refractivity contribution in [2.24, 2.45) is 0 Å². The maximum atomic E-state index is 12.0. The largest absolute Gasteiger partial charge is 0.360 e. The Morgan fingerprint density at radius 1 is 1.23 bits per heavy atom. The molecule has 1 saturated carbocycles. The number of hydrogen-bond donors (Lipinski definition) is 3. The van der Waals surface area contributed by atoms with Gasteiger partial charge >= 0.3 is 0 Å². The first-order chi connectivity index (χ1) is 10.4. The van der Waals surface area contributed by atoms with Gasteiger partial charge < -0.3 is 10.6 Å². The lowest BCUT2D eigenvalue weighted by Crippen LogP contribution is -2.38. The van der Waals surface area contributed by atoms with Crippen LogP contribution in [-0.4, -0.2) is 26.6 Å². The van der Waals surface area contributed by atoms with Crippen LogP contribution in [0.2, 0.25) is 0 Å². The highest BCUT2D eigenvalue weighted by molar-refractivity contribution is 7.89. The zero-order valence-electron chi connectivity index (χ0n) is 13.0. The first-order valence-corrected chi connectivity index (χ1v) is 9.43. The summed E-state index contributed by atoms with van der Waals surface area (Å²) in [7, 11) is -2.06. The van der Waals surface area contributed by atoms with E-state index >= 15 is 0 Å². The molecule has 1 aromatic carbocycles. The number of aryl methyl sites for hydroxylation is 1. The third kappa shape index (κ3) is 4.41. The van der Waals surface area contributed by atoms with Crippen LogP contribution >= 0.6 is 12.2 Å². The van der Waals surface area contributed by atoms with Crippen LogP contribution in [0.4, 0.5) is 5.69 Å². The topological polar surface area (TPSA) is 70.2 Å². The van der Waals surface area contributed by atoms with Gasteiger partial charge in [-0.15, -0.1) is 0 Å². The number of sulfonamides is 1. The molecule has 0 aromatic heterocycles. The minimum absolute atomic E-state index is 0.264. The van der Waals surface area contributed by atoms with Crippen molar-refractivity contribution in [3.63, 3.8) is 0 Å². The smallest absolute Gasteiger partial charge is 0.240 e. The summed E-state index contributed by atoms with van der Waals surface area (Å²) in [5, 5.41) is 6.94. The third-order valence-corrected chi connectivity index (χ3v) is 5.72. The minimum Gasteiger partial charge on any atom is -0.360 e. The first-order valence-electron chi connectivity index (χ1n) is 7.54. The van der Waals surface area contributed by atoms with E-state index in [1.807, 2.05) is 6.07 Å². The molecule has 1 aromatic rings. The highest BCUT2D eigenvalue weighted by Gasteiger charge is 2.17. The normalized spacial score (nSPS) is 16.3. The highest BCUT2D eigenvalue weighted by atomic mass is 32.2. The lowest BCUT2D eigenvalue weighted by atomic mass is 9.96. The number of nitrogens with one attached hydrogen (secondary N) is 3. The van der Waals surface area contributed by atoms with E-state index in [4.69, 9.17) is 12.2 Å². The van der Waals surface area contributed by atoms with Gasteiger partial charge in [0.25, 0.3) is 0 Å². The van der Waals surface area contributed by atoms with E-state index in [9.17, 15) is 8.42 Å². The van der Waals surface area contributed by atoms with Crippen LogP contribution in [0.25, 0.3) is 0 Å². The van der Waals surface area contributed by atoms with Crippen molar-refractivity contribution in [1.29, 1.82) is 0 Å². The summed E-state index contributed by atoms with van der Waals surface area (Å²) in [6.07, 6.45) is 6.02. The molecule has 7 heteroatoms. The fraction of sp³-hybridized carbons (Fsp3) is 0.533. The Balaban J connectivity index is 2.06. The van der Waals surface area contributed by atoms with Crippen LogP contribution < -0.4 is 15.4 Å². The van der Waals surface area contributed by atoms with E-state index in [-0.39, 0.29) is 4.90 Å². The quantitative estimate of drug-likeness (QED) is 0.734. The summed E-state index contributed by atoms with van der Waals surface area (Å²) in [6.45, 7) is 1.77. The van der Waals surface area contributed by atoms with Gasteiger partial charge in [0.2, 0.25) is 10.0 Å². The second-order valence-electron chi connectivity index (χ2n) is 5.62. The summed E-state index contributed by atoms with van der Waals surface area (Å²) in [5.41, 5.74) is 1.37. The zero-order valence-corrected chi connectivity index (χ0v) is 14.6. The summed E-state index contributed by atoms with van der Waals surface area (Å²) in [4.78, 5) is 0.264. The number of anilines is 1. The molecule has 0 atom stereocenters. The Bertz CT molecular complexity index is 638. The van der Waals surface area contributed by atoms with Gasteiger partial charge in [0.1, 0.15) is 0 Å². The van der Waals surface area contributed by atoms with Gasteiger partial charge in [-0.05, 0) is 56.7 Å². The molecule has 0 spiro atoms. The molecule has 1 aliphatic carbocycles. The number of benzene rings is 1. The third-order valence-electron chi connectivity index (χ3n) is 3.94. The monoisotopic (exact) mass is 341 g/mol. The van der Waals surface area contributed by atoms with Crippen LogP contribution in [0.3, 0.4) is 0 Å². The molecule has 0 aliphatic heterocycles. The highest BCUT2D eigenvalue weighted by Crippen LogP contribution is 2.21. The molecule has 0 amide bonds. The van der Waals surface area contributed by atoms with Crippen molar-refractivity contribution in [2.45, 2.75) is 50.0 Å². The van der Waals surface area contributed by atoms with Crippen molar-refractivity contribution < 1.29 is 8.42 Å². The first kappa shape index (κ1) is 17.2. The van der Waals surface area contributed by atoms with Gasteiger partial charge in [0, 0.05) is 11.7 Å². The lowest BCUT2D eigenvalue weighted by Gasteiger charge is -2.24. The van der Waals surface area contributed by atoms with Crippen LogP contribution in [0.5, 0.6) is 0 Å². The molecular weight excluding hydrogens is 318 g/mol. The standard InChI is InChI=1S/C15H23N3O2S2/c1-11-8-9-13(10-14(11)22(19,20)16-2)18-15(21)17-12-6-4-3-5-7-12/h8-10,12,16H,3-7H2,1-2H3,(H2,17,18,21). The number of rotatable bonds is 4. The van der Waals surface area contributed by atoms with Crippen LogP contribution in [-0.2, 0) is 10.0 Å². The maximum absolute atomic E-state index is 12.0. The van der Waals surface area contributed by atoms with Crippen LogP contribution in [0.1, 0.15) is 37.7 Å². The molecule has 5 nitrogen and oxygen atoms in total. The summed E-state index contributed by atoms with van der Waals surface area (Å²) >= 11 is 5.33. The zero-order chi connectivity index (χ0) is 16.2. The van der Waals surface area contributed by atoms with Gasteiger partial charge in [-0.3, -0.25) is 0 Å². The van der Waals surface area contributed by atoms with E-state index < -0.39 is 10.0 Å². The molecule has 0 heterocycles. The summed E-state index contributed by atoms with van der Waals surface area (Å²) < 4.78 is 26.3. The van der Waals surface area contributed by atoms with Gasteiger partial charge in [-0.1, -0.05) is 25.3 Å². The Hall–Kier alpha value is -1.18. The molecular formula is C15H23N3O2S2. The number of thiocarbonyl (C=S) groups is 1. The lowest BCUT2D eigenvalue weighted by molar-refractivity contribution is 0.415. The molecule has 2 rings (SSSR count). The van der Waals surface area contributed by atoms with Crippen molar-refractivity contribution >= 4 is 33.0 Å². The van der Waals surface area contributed by atoms with Gasteiger partial charge in [-0.25, -0.2) is 13.1 Å². The Kier molecular flexibility index (Phi) is 5.77. The van der Waals surface area contributed by atoms with Crippen molar-refractivity contribution in [1.82, 2.24) is 10.0 Å². The molecule has 0 radical (unpaired) electrons. The Morgan fingerprint density at radius 3 is 2.55 bits per heavy atom. The van der Waals surface area contributed by atoms with E-state index in [1.54, 1.807) is 19.1 Å². The molecule has 122 valence electrons. The summed E-state index contributed by atoms with van der Waals surface area (Å²) in [5.74, 6) is 0. The molecule has 3 N–H and O–H groups in total. The fourth-order valence-corrected chi connectivity index (χ4v) is 3.96. The molecule has 22 heavy (non-hydrogen) atoms.